The quantitative estimate of drug-likeness (QED) is 0.727. The molecule has 1 unspecified atom stereocenters. The lowest BCUT2D eigenvalue weighted by Gasteiger charge is -2.15. The fourth-order valence-corrected chi connectivity index (χ4v) is 3.52. The molecule has 1 amide bonds. The summed E-state index contributed by atoms with van der Waals surface area (Å²) in [7, 11) is 0. The Labute approximate surface area is 162 Å². The number of ether oxygens (including phenoxy) is 2. The molecule has 1 N–H and O–H groups in total. The first-order chi connectivity index (χ1) is 13.4. The maximum Gasteiger partial charge on any atom is 0.253 e. The lowest BCUT2D eigenvalue weighted by molar-refractivity contribution is 0.0939. The number of nitrogens with zero attached hydrogens (tertiary/aromatic N) is 1. The number of nitrogens with one attached hydrogen (secondary N) is 1. The minimum absolute atomic E-state index is 0.161. The maximum atomic E-state index is 13.2. The Balaban J connectivity index is 1.57. The van der Waals surface area contributed by atoms with Gasteiger partial charge in [-0.3, -0.25) is 4.79 Å². The van der Waals surface area contributed by atoms with Gasteiger partial charge in [-0.15, -0.1) is 0 Å². The van der Waals surface area contributed by atoms with Crippen molar-refractivity contribution in [3.63, 3.8) is 0 Å². The third-order valence-corrected chi connectivity index (χ3v) is 5.00. The van der Waals surface area contributed by atoms with E-state index in [1.165, 1.54) is 12.1 Å². The normalized spacial score (nSPS) is 13.4. The van der Waals surface area contributed by atoms with E-state index in [1.807, 2.05) is 49.6 Å². The molecule has 0 aliphatic carbocycles. The predicted molar refractivity (Wildman–Crippen MR) is 104 cm³/mol. The van der Waals surface area contributed by atoms with E-state index in [4.69, 9.17) is 9.47 Å². The summed E-state index contributed by atoms with van der Waals surface area (Å²) in [6, 6.07) is 13.5. The molecule has 0 radical (unpaired) electrons. The van der Waals surface area contributed by atoms with Crippen LogP contribution in [-0.4, -0.2) is 17.3 Å². The summed E-state index contributed by atoms with van der Waals surface area (Å²) in [6.07, 6.45) is 0. The van der Waals surface area contributed by atoms with Gasteiger partial charge in [0, 0.05) is 17.1 Å². The van der Waals surface area contributed by atoms with Gasteiger partial charge in [-0.1, -0.05) is 6.07 Å². The summed E-state index contributed by atoms with van der Waals surface area (Å²) in [6.45, 7) is 5.95. The zero-order valence-electron chi connectivity index (χ0n) is 16.0. The summed E-state index contributed by atoms with van der Waals surface area (Å²) in [5.41, 5.74) is 4.06. The number of carbonyl (C=O) groups excluding carboxylic acids is 1. The fraction of sp³-hybridized carbons (Fsp3) is 0.227. The van der Waals surface area contributed by atoms with Crippen LogP contribution in [0.4, 0.5) is 4.39 Å². The van der Waals surface area contributed by atoms with E-state index in [9.17, 15) is 9.18 Å². The molecule has 0 saturated heterocycles. The van der Waals surface area contributed by atoms with E-state index < -0.39 is 0 Å². The maximum absolute atomic E-state index is 13.2. The third-order valence-electron chi connectivity index (χ3n) is 5.00. The molecule has 3 aromatic rings. The van der Waals surface area contributed by atoms with Crippen LogP contribution in [0.2, 0.25) is 0 Å². The average molecular weight is 380 g/mol. The van der Waals surface area contributed by atoms with Gasteiger partial charge >= 0.3 is 0 Å². The van der Waals surface area contributed by atoms with E-state index >= 15 is 0 Å². The topological polar surface area (TPSA) is 52.5 Å². The number of hydrogen-bond acceptors (Lipinski definition) is 3. The van der Waals surface area contributed by atoms with E-state index in [0.29, 0.717) is 17.1 Å². The largest absolute Gasteiger partial charge is 0.454 e. The molecular formula is C22H21FN2O3. The third kappa shape index (κ3) is 3.22. The Morgan fingerprint density at radius 1 is 1.07 bits per heavy atom. The highest BCUT2D eigenvalue weighted by Gasteiger charge is 2.20. The number of aryl methyl sites for hydroxylation is 1. The summed E-state index contributed by atoms with van der Waals surface area (Å²) in [5.74, 6) is 0.951. The van der Waals surface area contributed by atoms with Crippen LogP contribution in [0.15, 0.2) is 48.5 Å². The number of fused-ring (bicyclic) bond motifs is 1. The Kier molecular flexibility index (Phi) is 4.55. The summed E-state index contributed by atoms with van der Waals surface area (Å²) in [4.78, 5) is 12.9. The van der Waals surface area contributed by atoms with E-state index in [-0.39, 0.29) is 24.6 Å². The minimum atomic E-state index is -0.290. The highest BCUT2D eigenvalue weighted by atomic mass is 19.1. The molecule has 1 aliphatic rings. The molecule has 2 heterocycles. The van der Waals surface area contributed by atoms with Crippen molar-refractivity contribution < 1.29 is 18.7 Å². The molecule has 0 bridgehead atoms. The van der Waals surface area contributed by atoms with E-state index in [1.54, 1.807) is 12.1 Å². The van der Waals surface area contributed by atoms with Crippen molar-refractivity contribution in [3.05, 3.63) is 76.9 Å². The number of hydrogen-bond donors (Lipinski definition) is 1. The Bertz CT molecular complexity index is 1040. The molecule has 1 aromatic heterocycles. The number of aromatic nitrogens is 1. The zero-order chi connectivity index (χ0) is 19.8. The van der Waals surface area contributed by atoms with Crippen LogP contribution in [-0.2, 0) is 0 Å². The molecule has 1 aliphatic heterocycles. The fourth-order valence-electron chi connectivity index (χ4n) is 3.52. The van der Waals surface area contributed by atoms with Crippen molar-refractivity contribution in [2.45, 2.75) is 26.8 Å². The van der Waals surface area contributed by atoms with Gasteiger partial charge in [-0.05, 0) is 68.8 Å². The van der Waals surface area contributed by atoms with Crippen LogP contribution in [0.1, 0.15) is 40.3 Å². The smallest absolute Gasteiger partial charge is 0.253 e. The average Bonchev–Trinajstić information content (AvgIpc) is 3.26. The number of halogens is 1. The Hall–Kier alpha value is -3.28. The molecule has 4 rings (SSSR count). The first kappa shape index (κ1) is 18.1. The molecule has 0 saturated carbocycles. The van der Waals surface area contributed by atoms with Crippen molar-refractivity contribution in [2.24, 2.45) is 0 Å². The minimum Gasteiger partial charge on any atom is -0.454 e. The molecule has 28 heavy (non-hydrogen) atoms. The van der Waals surface area contributed by atoms with Crippen molar-refractivity contribution in [1.29, 1.82) is 0 Å². The van der Waals surface area contributed by atoms with Crippen LogP contribution >= 0.6 is 0 Å². The highest BCUT2D eigenvalue weighted by Crippen LogP contribution is 2.34. The van der Waals surface area contributed by atoms with Gasteiger partial charge in [0.1, 0.15) is 5.82 Å². The Morgan fingerprint density at radius 3 is 2.54 bits per heavy atom. The Morgan fingerprint density at radius 2 is 1.79 bits per heavy atom. The van der Waals surface area contributed by atoms with Gasteiger partial charge in [0.2, 0.25) is 6.79 Å². The van der Waals surface area contributed by atoms with E-state index in [2.05, 4.69) is 5.32 Å². The van der Waals surface area contributed by atoms with Crippen molar-refractivity contribution in [3.8, 4) is 17.2 Å². The second-order valence-electron chi connectivity index (χ2n) is 6.90. The number of benzene rings is 2. The molecular weight excluding hydrogens is 359 g/mol. The molecule has 0 fully saturated rings. The second-order valence-corrected chi connectivity index (χ2v) is 6.90. The van der Waals surface area contributed by atoms with Gasteiger partial charge in [0.25, 0.3) is 5.91 Å². The van der Waals surface area contributed by atoms with Gasteiger partial charge < -0.3 is 19.4 Å². The van der Waals surface area contributed by atoms with Crippen molar-refractivity contribution in [2.75, 3.05) is 6.79 Å². The predicted octanol–water partition coefficient (Wildman–Crippen LogP) is 4.45. The summed E-state index contributed by atoms with van der Waals surface area (Å²) < 4.78 is 25.9. The standard InChI is InChI=1S/C22H21FN2O3/c1-13-10-19(15(3)25(13)18-7-5-17(23)6-8-18)22(26)24-14(2)16-4-9-20-21(11-16)28-12-27-20/h4-11,14H,12H2,1-3H3,(H,24,26). The second kappa shape index (κ2) is 7.03. The lowest BCUT2D eigenvalue weighted by Crippen LogP contribution is -2.27. The first-order valence-electron chi connectivity index (χ1n) is 9.09. The van der Waals surface area contributed by atoms with E-state index in [0.717, 1.165) is 22.6 Å². The first-order valence-corrected chi connectivity index (χ1v) is 9.09. The van der Waals surface area contributed by atoms with Gasteiger partial charge in [0.15, 0.2) is 11.5 Å². The van der Waals surface area contributed by atoms with Gasteiger partial charge in [-0.25, -0.2) is 4.39 Å². The summed E-state index contributed by atoms with van der Waals surface area (Å²) in [5, 5.41) is 3.04. The number of amides is 1. The SMILES string of the molecule is Cc1cc(C(=O)NC(C)c2ccc3c(c2)OCO3)c(C)n1-c1ccc(F)cc1. The monoisotopic (exact) mass is 380 g/mol. The van der Waals surface area contributed by atoms with Gasteiger partial charge in [-0.2, -0.15) is 0 Å². The molecule has 1 atom stereocenters. The lowest BCUT2D eigenvalue weighted by atomic mass is 10.1. The number of rotatable bonds is 4. The summed E-state index contributed by atoms with van der Waals surface area (Å²) >= 11 is 0. The molecule has 0 spiro atoms. The highest BCUT2D eigenvalue weighted by molar-refractivity contribution is 5.96. The van der Waals surface area contributed by atoms with Gasteiger partial charge in [0.05, 0.1) is 11.6 Å². The van der Waals surface area contributed by atoms with Crippen LogP contribution in [0, 0.1) is 19.7 Å². The van der Waals surface area contributed by atoms with Crippen molar-refractivity contribution in [1.82, 2.24) is 9.88 Å². The molecule has 6 heteroatoms. The van der Waals surface area contributed by atoms with Crippen LogP contribution < -0.4 is 14.8 Å². The molecule has 2 aromatic carbocycles. The molecule has 144 valence electrons. The van der Waals surface area contributed by atoms with Crippen LogP contribution in [0.25, 0.3) is 5.69 Å². The van der Waals surface area contributed by atoms with Crippen LogP contribution in [0.3, 0.4) is 0 Å². The molecule has 5 nitrogen and oxygen atoms in total. The van der Waals surface area contributed by atoms with Crippen molar-refractivity contribution >= 4 is 5.91 Å². The number of carbonyl (C=O) groups is 1. The van der Waals surface area contributed by atoms with Crippen LogP contribution in [0.5, 0.6) is 11.5 Å². The zero-order valence-corrected chi connectivity index (χ0v) is 16.0.